The van der Waals surface area contributed by atoms with Crippen LogP contribution in [0, 0.1) is 11.6 Å². The van der Waals surface area contributed by atoms with Crippen molar-refractivity contribution in [3.05, 3.63) is 57.5 Å². The van der Waals surface area contributed by atoms with Crippen LogP contribution in [0.4, 0.5) is 14.7 Å². The minimum absolute atomic E-state index is 0.0296. The normalized spacial score (nSPS) is 17.2. The topological polar surface area (TPSA) is 92.1 Å². The van der Waals surface area contributed by atoms with Gasteiger partial charge >= 0.3 is 0 Å². The smallest absolute Gasteiger partial charge is 0.252 e. The Morgan fingerprint density at radius 1 is 1.38 bits per heavy atom. The molecule has 3 rings (SSSR count). The molecule has 8 heteroatoms. The third kappa shape index (κ3) is 3.42. The summed E-state index contributed by atoms with van der Waals surface area (Å²) in [4.78, 5) is 31.8. The fourth-order valence-electron chi connectivity index (χ4n) is 2.89. The fourth-order valence-corrected chi connectivity index (χ4v) is 2.89. The van der Waals surface area contributed by atoms with E-state index in [1.165, 1.54) is 6.07 Å². The summed E-state index contributed by atoms with van der Waals surface area (Å²) in [5.74, 6) is -1.55. The summed E-state index contributed by atoms with van der Waals surface area (Å²) in [6, 6.07) is 4.41. The van der Waals surface area contributed by atoms with Crippen LogP contribution in [-0.2, 0) is 11.2 Å². The molecule has 2 aromatic rings. The number of aromatic amines is 1. The molecule has 1 saturated heterocycles. The Morgan fingerprint density at radius 3 is 2.92 bits per heavy atom. The Labute approximate surface area is 136 Å². The number of likely N-dealkylation sites (tertiary alicyclic amines) is 1. The number of benzene rings is 1. The third-order valence-electron chi connectivity index (χ3n) is 4.09. The monoisotopic (exact) mass is 334 g/mol. The van der Waals surface area contributed by atoms with Crippen molar-refractivity contribution < 1.29 is 13.6 Å². The second-order valence-corrected chi connectivity index (χ2v) is 5.79. The molecule has 0 spiro atoms. The van der Waals surface area contributed by atoms with Crippen molar-refractivity contribution >= 4 is 11.9 Å². The fraction of sp³-hybridized carbons (Fsp3) is 0.312. The minimum Gasteiger partial charge on any atom is -0.369 e. The predicted molar refractivity (Wildman–Crippen MR) is 83.3 cm³/mol. The maximum atomic E-state index is 13.6. The summed E-state index contributed by atoms with van der Waals surface area (Å²) in [5.41, 5.74) is 5.75. The quantitative estimate of drug-likeness (QED) is 0.882. The van der Waals surface area contributed by atoms with Gasteiger partial charge in [0.2, 0.25) is 11.9 Å². The summed E-state index contributed by atoms with van der Waals surface area (Å²) in [6.07, 6.45) is 0.425. The first kappa shape index (κ1) is 16.1. The maximum absolute atomic E-state index is 13.6. The van der Waals surface area contributed by atoms with E-state index in [0.29, 0.717) is 25.2 Å². The number of nitrogens with one attached hydrogen (secondary N) is 1. The van der Waals surface area contributed by atoms with E-state index in [1.54, 1.807) is 4.90 Å². The standard InChI is InChI=1S/C16H16F2N4O2/c17-11-1-2-12(18)10(5-11)6-15(24)22-4-3-9(8-22)13-7-14(23)21-16(19)20-13/h1-2,5,7,9H,3-4,6,8H2,(H3,19,20,21,23). The van der Waals surface area contributed by atoms with Gasteiger partial charge in [0, 0.05) is 30.6 Å². The highest BCUT2D eigenvalue weighted by atomic mass is 19.1. The summed E-state index contributed by atoms with van der Waals surface area (Å²) in [5, 5.41) is 0. The molecule has 0 aliphatic carbocycles. The number of carbonyl (C=O) groups is 1. The summed E-state index contributed by atoms with van der Waals surface area (Å²) >= 11 is 0. The Balaban J connectivity index is 1.70. The highest BCUT2D eigenvalue weighted by Crippen LogP contribution is 2.26. The number of amides is 1. The highest BCUT2D eigenvalue weighted by molar-refractivity contribution is 5.79. The van der Waals surface area contributed by atoms with E-state index < -0.39 is 11.6 Å². The lowest BCUT2D eigenvalue weighted by Crippen LogP contribution is -2.30. The SMILES string of the molecule is Nc1nc(C2CCN(C(=O)Cc3cc(F)ccc3F)C2)cc(=O)[nH]1. The zero-order chi connectivity index (χ0) is 17.3. The Morgan fingerprint density at radius 2 is 2.17 bits per heavy atom. The molecule has 1 atom stereocenters. The van der Waals surface area contributed by atoms with Crippen molar-refractivity contribution in [3.63, 3.8) is 0 Å². The van der Waals surface area contributed by atoms with Crippen molar-refractivity contribution in [3.8, 4) is 0 Å². The van der Waals surface area contributed by atoms with Gasteiger partial charge in [-0.05, 0) is 24.6 Å². The molecule has 0 saturated carbocycles. The van der Waals surface area contributed by atoms with Crippen LogP contribution in [-0.4, -0.2) is 33.9 Å². The van der Waals surface area contributed by atoms with E-state index >= 15 is 0 Å². The molecule has 24 heavy (non-hydrogen) atoms. The molecule has 1 aromatic heterocycles. The van der Waals surface area contributed by atoms with Crippen molar-refractivity contribution in [1.29, 1.82) is 0 Å². The number of hydrogen-bond donors (Lipinski definition) is 2. The number of aromatic nitrogens is 2. The molecule has 1 unspecified atom stereocenters. The van der Waals surface area contributed by atoms with Gasteiger partial charge in [-0.1, -0.05) is 0 Å². The van der Waals surface area contributed by atoms with Gasteiger partial charge in [0.05, 0.1) is 12.1 Å². The lowest BCUT2D eigenvalue weighted by atomic mass is 10.0. The number of nitrogens with two attached hydrogens (primary N) is 1. The van der Waals surface area contributed by atoms with Gasteiger partial charge < -0.3 is 10.6 Å². The Kier molecular flexibility index (Phi) is 4.28. The number of rotatable bonds is 3. The number of H-pyrrole nitrogens is 1. The molecule has 1 amide bonds. The van der Waals surface area contributed by atoms with Gasteiger partial charge in [0.25, 0.3) is 5.56 Å². The van der Waals surface area contributed by atoms with Crippen LogP contribution in [0.25, 0.3) is 0 Å². The third-order valence-corrected chi connectivity index (χ3v) is 4.09. The molecular formula is C16H16F2N4O2. The van der Waals surface area contributed by atoms with Gasteiger partial charge in [-0.25, -0.2) is 13.8 Å². The van der Waals surface area contributed by atoms with E-state index in [-0.39, 0.29) is 35.3 Å². The summed E-state index contributed by atoms with van der Waals surface area (Å²) in [7, 11) is 0. The second kappa shape index (κ2) is 6.38. The maximum Gasteiger partial charge on any atom is 0.252 e. The molecule has 0 bridgehead atoms. The first-order valence-electron chi connectivity index (χ1n) is 7.51. The number of halogens is 2. The van der Waals surface area contributed by atoms with Gasteiger partial charge in [0.15, 0.2) is 0 Å². The average molecular weight is 334 g/mol. The Bertz CT molecular complexity index is 837. The molecule has 6 nitrogen and oxygen atoms in total. The first-order valence-corrected chi connectivity index (χ1v) is 7.51. The van der Waals surface area contributed by atoms with Gasteiger partial charge in [-0.15, -0.1) is 0 Å². The number of hydrogen-bond acceptors (Lipinski definition) is 4. The van der Waals surface area contributed by atoms with Crippen LogP contribution in [0.2, 0.25) is 0 Å². The zero-order valence-electron chi connectivity index (χ0n) is 12.8. The van der Waals surface area contributed by atoms with Gasteiger partial charge in [-0.2, -0.15) is 0 Å². The molecule has 1 aliphatic rings. The second-order valence-electron chi connectivity index (χ2n) is 5.79. The van der Waals surface area contributed by atoms with Crippen molar-refractivity contribution in [1.82, 2.24) is 14.9 Å². The lowest BCUT2D eigenvalue weighted by Gasteiger charge is -2.17. The van der Waals surface area contributed by atoms with Crippen molar-refractivity contribution in [2.24, 2.45) is 0 Å². The van der Waals surface area contributed by atoms with E-state index in [2.05, 4.69) is 9.97 Å². The molecule has 1 aliphatic heterocycles. The van der Waals surface area contributed by atoms with Crippen LogP contribution >= 0.6 is 0 Å². The van der Waals surface area contributed by atoms with E-state index in [1.807, 2.05) is 0 Å². The Hall–Kier alpha value is -2.77. The molecule has 2 heterocycles. The van der Waals surface area contributed by atoms with Crippen LogP contribution in [0.5, 0.6) is 0 Å². The van der Waals surface area contributed by atoms with Crippen molar-refractivity contribution in [2.45, 2.75) is 18.8 Å². The number of nitrogen functional groups attached to an aromatic ring is 1. The molecule has 3 N–H and O–H groups in total. The van der Waals surface area contributed by atoms with E-state index in [9.17, 15) is 18.4 Å². The average Bonchev–Trinajstić information content (AvgIpc) is 3.00. The number of anilines is 1. The van der Waals surface area contributed by atoms with Gasteiger partial charge in [-0.3, -0.25) is 14.6 Å². The zero-order valence-corrected chi connectivity index (χ0v) is 12.8. The molecule has 1 aromatic carbocycles. The van der Waals surface area contributed by atoms with Crippen LogP contribution in [0.3, 0.4) is 0 Å². The largest absolute Gasteiger partial charge is 0.369 e. The van der Waals surface area contributed by atoms with Gasteiger partial charge in [0.1, 0.15) is 11.6 Å². The highest BCUT2D eigenvalue weighted by Gasteiger charge is 2.29. The summed E-state index contributed by atoms with van der Waals surface area (Å²) in [6.45, 7) is 0.834. The van der Waals surface area contributed by atoms with E-state index in [4.69, 9.17) is 5.73 Å². The predicted octanol–water partition coefficient (Wildman–Crippen LogP) is 1.19. The lowest BCUT2D eigenvalue weighted by molar-refractivity contribution is -0.129. The number of carbonyl (C=O) groups excluding carboxylic acids is 1. The molecule has 0 radical (unpaired) electrons. The number of nitrogens with zero attached hydrogens (tertiary/aromatic N) is 2. The molecule has 126 valence electrons. The first-order chi connectivity index (χ1) is 11.4. The van der Waals surface area contributed by atoms with E-state index in [0.717, 1.165) is 18.2 Å². The minimum atomic E-state index is -0.607. The molecule has 1 fully saturated rings. The van der Waals surface area contributed by atoms with Crippen LogP contribution in [0.15, 0.2) is 29.1 Å². The van der Waals surface area contributed by atoms with Crippen molar-refractivity contribution in [2.75, 3.05) is 18.8 Å². The van der Waals surface area contributed by atoms with Crippen LogP contribution < -0.4 is 11.3 Å². The summed E-state index contributed by atoms with van der Waals surface area (Å²) < 4.78 is 26.8. The molecular weight excluding hydrogens is 318 g/mol. The van der Waals surface area contributed by atoms with Crippen LogP contribution in [0.1, 0.15) is 23.6 Å².